The maximum absolute atomic E-state index is 4.46. The smallest absolute Gasteiger partial charge is 0.158 e. The quantitative estimate of drug-likeness (QED) is 0.778. The summed E-state index contributed by atoms with van der Waals surface area (Å²) in [6.07, 6.45) is 2.80. The molecular formula is C10H14N4. The summed E-state index contributed by atoms with van der Waals surface area (Å²) in [4.78, 5) is 4.46. The minimum Gasteiger partial charge on any atom is -0.319 e. The van der Waals surface area contributed by atoms with Crippen molar-refractivity contribution in [2.75, 3.05) is 13.6 Å². The first-order valence-electron chi connectivity index (χ1n) is 4.77. The van der Waals surface area contributed by atoms with Crippen LogP contribution < -0.4 is 5.32 Å². The highest BCUT2D eigenvalue weighted by Gasteiger charge is 2.03. The molecule has 0 saturated heterocycles. The predicted molar refractivity (Wildman–Crippen MR) is 55.4 cm³/mol. The molecule has 0 atom stereocenters. The summed E-state index contributed by atoms with van der Waals surface area (Å²) in [7, 11) is 1.93. The van der Waals surface area contributed by atoms with Crippen LogP contribution in [-0.2, 0) is 6.42 Å². The molecule has 0 aromatic carbocycles. The summed E-state index contributed by atoms with van der Waals surface area (Å²) in [6, 6.07) is 4.03. The van der Waals surface area contributed by atoms with Crippen LogP contribution in [0.15, 0.2) is 18.3 Å². The van der Waals surface area contributed by atoms with Gasteiger partial charge in [0.05, 0.1) is 0 Å². The molecule has 0 fully saturated rings. The van der Waals surface area contributed by atoms with Gasteiger partial charge in [-0.05, 0) is 25.6 Å². The summed E-state index contributed by atoms with van der Waals surface area (Å²) >= 11 is 0. The van der Waals surface area contributed by atoms with Crippen molar-refractivity contribution in [3.8, 4) is 0 Å². The average Bonchev–Trinajstić information content (AvgIpc) is 2.59. The summed E-state index contributed by atoms with van der Waals surface area (Å²) in [5, 5.41) is 7.46. The van der Waals surface area contributed by atoms with Gasteiger partial charge in [-0.2, -0.15) is 5.10 Å². The van der Waals surface area contributed by atoms with E-state index >= 15 is 0 Å². The van der Waals surface area contributed by atoms with Crippen molar-refractivity contribution in [3.05, 3.63) is 29.7 Å². The molecule has 0 radical (unpaired) electrons. The third-order valence-corrected chi connectivity index (χ3v) is 2.20. The van der Waals surface area contributed by atoms with E-state index in [1.807, 2.05) is 36.8 Å². The zero-order valence-electron chi connectivity index (χ0n) is 8.49. The van der Waals surface area contributed by atoms with Crippen molar-refractivity contribution >= 4 is 5.65 Å². The molecule has 1 N–H and O–H groups in total. The van der Waals surface area contributed by atoms with E-state index in [1.165, 1.54) is 0 Å². The Morgan fingerprint density at radius 2 is 2.36 bits per heavy atom. The minimum atomic E-state index is 0.873. The first-order chi connectivity index (χ1) is 6.81. The molecule has 0 unspecified atom stereocenters. The molecule has 4 heteroatoms. The van der Waals surface area contributed by atoms with Gasteiger partial charge < -0.3 is 5.32 Å². The monoisotopic (exact) mass is 190 g/mol. The van der Waals surface area contributed by atoms with E-state index in [9.17, 15) is 0 Å². The zero-order valence-corrected chi connectivity index (χ0v) is 8.49. The number of likely N-dealkylation sites (N-methyl/N-ethyl adjacent to an activating group) is 1. The highest BCUT2D eigenvalue weighted by molar-refractivity contribution is 5.45. The number of nitrogens with one attached hydrogen (secondary N) is 1. The highest BCUT2D eigenvalue weighted by atomic mass is 15.3. The molecule has 2 aromatic rings. The number of fused-ring (bicyclic) bond motifs is 1. The van der Waals surface area contributed by atoms with Crippen LogP contribution >= 0.6 is 0 Å². The van der Waals surface area contributed by atoms with Crippen molar-refractivity contribution in [2.45, 2.75) is 13.3 Å². The SMILES string of the molecule is CNCCc1nc2c(C)cccn2n1. The number of nitrogens with zero attached hydrogens (tertiary/aromatic N) is 3. The van der Waals surface area contributed by atoms with Gasteiger partial charge in [-0.3, -0.25) is 0 Å². The third kappa shape index (κ3) is 1.61. The van der Waals surface area contributed by atoms with Crippen LogP contribution in [0.1, 0.15) is 11.4 Å². The maximum Gasteiger partial charge on any atom is 0.158 e. The van der Waals surface area contributed by atoms with Gasteiger partial charge in [0.2, 0.25) is 0 Å². The summed E-state index contributed by atoms with van der Waals surface area (Å²) in [5.41, 5.74) is 2.12. The van der Waals surface area contributed by atoms with Gasteiger partial charge in [0, 0.05) is 19.2 Å². The highest BCUT2D eigenvalue weighted by Crippen LogP contribution is 2.06. The second-order valence-electron chi connectivity index (χ2n) is 3.34. The fourth-order valence-electron chi connectivity index (χ4n) is 1.43. The number of aryl methyl sites for hydroxylation is 1. The molecule has 2 rings (SSSR count). The molecule has 0 aliphatic rings. The predicted octanol–water partition coefficient (Wildman–Crippen LogP) is 0.800. The Bertz CT molecular complexity index is 433. The van der Waals surface area contributed by atoms with Gasteiger partial charge in [-0.25, -0.2) is 9.50 Å². The normalized spacial score (nSPS) is 11.0. The largest absolute Gasteiger partial charge is 0.319 e. The van der Waals surface area contributed by atoms with Crippen molar-refractivity contribution in [2.24, 2.45) is 0 Å². The van der Waals surface area contributed by atoms with E-state index in [0.717, 1.165) is 30.0 Å². The number of hydrogen-bond acceptors (Lipinski definition) is 3. The van der Waals surface area contributed by atoms with Gasteiger partial charge in [0.1, 0.15) is 0 Å². The second kappa shape index (κ2) is 3.75. The lowest BCUT2D eigenvalue weighted by Gasteiger charge is -1.92. The van der Waals surface area contributed by atoms with Crippen molar-refractivity contribution in [3.63, 3.8) is 0 Å². The van der Waals surface area contributed by atoms with Crippen LogP contribution in [0.5, 0.6) is 0 Å². The molecule has 2 heterocycles. The number of aromatic nitrogens is 3. The van der Waals surface area contributed by atoms with E-state index in [0.29, 0.717) is 0 Å². The lowest BCUT2D eigenvalue weighted by atomic mass is 10.3. The van der Waals surface area contributed by atoms with Crippen LogP contribution in [0.3, 0.4) is 0 Å². The molecule has 0 spiro atoms. The van der Waals surface area contributed by atoms with E-state index in [4.69, 9.17) is 0 Å². The van der Waals surface area contributed by atoms with E-state index in [-0.39, 0.29) is 0 Å². The molecule has 0 saturated carbocycles. The Morgan fingerprint density at radius 1 is 1.50 bits per heavy atom. The standard InChI is InChI=1S/C10H14N4/c1-8-4-3-7-14-10(8)12-9(13-14)5-6-11-2/h3-4,7,11H,5-6H2,1-2H3. The molecule has 0 aliphatic carbocycles. The van der Waals surface area contributed by atoms with Crippen molar-refractivity contribution < 1.29 is 0 Å². The molecule has 2 aromatic heterocycles. The van der Waals surface area contributed by atoms with Crippen LogP contribution in [0.4, 0.5) is 0 Å². The van der Waals surface area contributed by atoms with Gasteiger partial charge in [0.15, 0.2) is 11.5 Å². The van der Waals surface area contributed by atoms with Gasteiger partial charge in [-0.1, -0.05) is 6.07 Å². The van der Waals surface area contributed by atoms with Crippen LogP contribution in [-0.4, -0.2) is 28.2 Å². The number of rotatable bonds is 3. The second-order valence-corrected chi connectivity index (χ2v) is 3.34. The van der Waals surface area contributed by atoms with E-state index in [1.54, 1.807) is 0 Å². The fourth-order valence-corrected chi connectivity index (χ4v) is 1.43. The lowest BCUT2D eigenvalue weighted by molar-refractivity contribution is 0.751. The Hall–Kier alpha value is -1.42. The molecule has 0 bridgehead atoms. The van der Waals surface area contributed by atoms with Crippen LogP contribution in [0.25, 0.3) is 5.65 Å². The molecule has 14 heavy (non-hydrogen) atoms. The Balaban J connectivity index is 2.36. The molecule has 0 amide bonds. The van der Waals surface area contributed by atoms with Crippen molar-refractivity contribution in [1.29, 1.82) is 0 Å². The summed E-state index contributed by atoms with van der Waals surface area (Å²) < 4.78 is 1.83. The summed E-state index contributed by atoms with van der Waals surface area (Å²) in [5.74, 6) is 0.897. The average molecular weight is 190 g/mol. The maximum atomic E-state index is 4.46. The van der Waals surface area contributed by atoms with Gasteiger partial charge in [-0.15, -0.1) is 0 Å². The van der Waals surface area contributed by atoms with Crippen molar-refractivity contribution in [1.82, 2.24) is 19.9 Å². The number of hydrogen-bond donors (Lipinski definition) is 1. The molecule has 4 nitrogen and oxygen atoms in total. The first kappa shape index (κ1) is 9.15. The fraction of sp³-hybridized carbons (Fsp3) is 0.400. The van der Waals surface area contributed by atoms with Gasteiger partial charge >= 0.3 is 0 Å². The number of pyridine rings is 1. The van der Waals surface area contributed by atoms with E-state index in [2.05, 4.69) is 15.4 Å². The molecular weight excluding hydrogens is 176 g/mol. The Morgan fingerprint density at radius 3 is 3.07 bits per heavy atom. The van der Waals surface area contributed by atoms with E-state index < -0.39 is 0 Å². The third-order valence-electron chi connectivity index (χ3n) is 2.20. The zero-order chi connectivity index (χ0) is 9.97. The van der Waals surface area contributed by atoms with Gasteiger partial charge in [0.25, 0.3) is 0 Å². The lowest BCUT2D eigenvalue weighted by Crippen LogP contribution is -2.11. The first-order valence-corrected chi connectivity index (χ1v) is 4.77. The Kier molecular flexibility index (Phi) is 2.45. The van der Waals surface area contributed by atoms with Crippen LogP contribution in [0, 0.1) is 6.92 Å². The topological polar surface area (TPSA) is 42.2 Å². The van der Waals surface area contributed by atoms with Crippen LogP contribution in [0.2, 0.25) is 0 Å². The minimum absolute atomic E-state index is 0.873. The Labute approximate surface area is 83.0 Å². The molecule has 0 aliphatic heterocycles. The molecule has 74 valence electrons. The summed E-state index contributed by atoms with van der Waals surface area (Å²) in [6.45, 7) is 2.96.